The van der Waals surface area contributed by atoms with Crippen molar-refractivity contribution in [3.63, 3.8) is 0 Å². The van der Waals surface area contributed by atoms with E-state index >= 15 is 0 Å². The lowest BCUT2D eigenvalue weighted by molar-refractivity contribution is -0.119. The monoisotopic (exact) mass is 595 g/mol. The molecule has 0 saturated carbocycles. The zero-order valence-corrected chi connectivity index (χ0v) is 23.9. The lowest BCUT2D eigenvalue weighted by atomic mass is 10.1. The Bertz CT molecular complexity index is 1710. The van der Waals surface area contributed by atoms with E-state index in [-0.39, 0.29) is 21.6 Å². The number of nitrogens with zero attached hydrogens (tertiary/aromatic N) is 3. The van der Waals surface area contributed by atoms with Crippen molar-refractivity contribution in [2.24, 2.45) is 5.10 Å². The van der Waals surface area contributed by atoms with E-state index in [0.29, 0.717) is 28.3 Å². The average molecular weight is 596 g/mol. The van der Waals surface area contributed by atoms with Crippen LogP contribution in [0.3, 0.4) is 0 Å². The van der Waals surface area contributed by atoms with Crippen LogP contribution in [0.25, 0.3) is 10.9 Å². The number of nitrogens with one attached hydrogen (secondary N) is 2. The fraction of sp³-hybridized carbons (Fsp3) is 0.143. The normalized spacial score (nSPS) is 11.3. The molecular weight excluding hydrogens is 570 g/mol. The third kappa shape index (κ3) is 7.10. The van der Waals surface area contributed by atoms with Gasteiger partial charge in [0.1, 0.15) is 23.2 Å². The molecule has 0 aliphatic carbocycles. The molecule has 4 rings (SSSR count). The van der Waals surface area contributed by atoms with Gasteiger partial charge in [-0.2, -0.15) is 5.10 Å². The molecule has 0 unspecified atom stereocenters. The van der Waals surface area contributed by atoms with Crippen molar-refractivity contribution < 1.29 is 27.5 Å². The van der Waals surface area contributed by atoms with Crippen LogP contribution in [0.4, 0.5) is 11.4 Å². The topological polar surface area (TPSA) is 139 Å². The Kier molecular flexibility index (Phi) is 9.05. The predicted octanol–water partition coefficient (Wildman–Crippen LogP) is 4.21. The predicted molar refractivity (Wildman–Crippen MR) is 157 cm³/mol. The van der Waals surface area contributed by atoms with Gasteiger partial charge in [-0.3, -0.25) is 13.9 Å². The standard InChI is InChI=1S/C28H26ClN5O6S/c1-18(35)31-21-5-12-25(13-6-21)41(37,38)34(22-7-10-23(39-2)11-8-22)17-27(36)33-30-16-20-14-19-4-9-24(40-3)15-26(19)32-28(20)29/h4-16H,17H2,1-3H3,(H,31,35)(H,33,36)/b30-16+. The quantitative estimate of drug-likeness (QED) is 0.159. The summed E-state index contributed by atoms with van der Waals surface area (Å²) < 4.78 is 38.6. The summed E-state index contributed by atoms with van der Waals surface area (Å²) in [6, 6.07) is 18.9. The highest BCUT2D eigenvalue weighted by molar-refractivity contribution is 7.92. The molecule has 11 nitrogen and oxygen atoms in total. The zero-order valence-electron chi connectivity index (χ0n) is 22.3. The van der Waals surface area contributed by atoms with Gasteiger partial charge in [0.05, 0.1) is 36.5 Å². The van der Waals surface area contributed by atoms with Gasteiger partial charge in [-0.05, 0) is 66.7 Å². The second kappa shape index (κ2) is 12.7. The van der Waals surface area contributed by atoms with Gasteiger partial charge < -0.3 is 14.8 Å². The number of carbonyl (C=O) groups excluding carboxylic acids is 2. The average Bonchev–Trinajstić information content (AvgIpc) is 2.96. The molecule has 0 fully saturated rings. The summed E-state index contributed by atoms with van der Waals surface area (Å²) in [4.78, 5) is 28.5. The highest BCUT2D eigenvalue weighted by Crippen LogP contribution is 2.27. The molecular formula is C28H26ClN5O6S. The molecule has 41 heavy (non-hydrogen) atoms. The van der Waals surface area contributed by atoms with Gasteiger partial charge in [-0.1, -0.05) is 11.6 Å². The molecule has 212 valence electrons. The van der Waals surface area contributed by atoms with E-state index in [1.54, 1.807) is 37.4 Å². The number of sulfonamides is 1. The Morgan fingerprint density at radius 1 is 0.976 bits per heavy atom. The Hall–Kier alpha value is -4.68. The first kappa shape index (κ1) is 29.3. The number of fused-ring (bicyclic) bond motifs is 1. The van der Waals surface area contributed by atoms with Crippen LogP contribution in [0.2, 0.25) is 5.15 Å². The molecule has 13 heteroatoms. The first-order valence-electron chi connectivity index (χ1n) is 12.1. The number of benzene rings is 3. The van der Waals surface area contributed by atoms with Gasteiger partial charge in [0.2, 0.25) is 5.91 Å². The van der Waals surface area contributed by atoms with E-state index < -0.39 is 22.5 Å². The van der Waals surface area contributed by atoms with Crippen molar-refractivity contribution in [3.05, 3.63) is 83.5 Å². The molecule has 0 aliphatic heterocycles. The number of hydrazone groups is 1. The van der Waals surface area contributed by atoms with Gasteiger partial charge >= 0.3 is 0 Å². The Morgan fingerprint density at radius 2 is 1.63 bits per heavy atom. The van der Waals surface area contributed by atoms with Crippen LogP contribution in [-0.2, 0) is 19.6 Å². The second-order valence-corrected chi connectivity index (χ2v) is 10.9. The SMILES string of the molecule is COc1ccc(N(CC(=O)N/N=C/c2cc3ccc(OC)cc3nc2Cl)S(=O)(=O)c2ccc(NC(C)=O)cc2)cc1. The smallest absolute Gasteiger partial charge is 0.264 e. The summed E-state index contributed by atoms with van der Waals surface area (Å²) in [5.41, 5.74) is 4.08. The van der Waals surface area contributed by atoms with E-state index in [2.05, 4.69) is 20.8 Å². The minimum absolute atomic E-state index is 0.0793. The minimum Gasteiger partial charge on any atom is -0.497 e. The van der Waals surface area contributed by atoms with Crippen molar-refractivity contribution in [3.8, 4) is 11.5 Å². The molecule has 0 radical (unpaired) electrons. The highest BCUT2D eigenvalue weighted by Gasteiger charge is 2.27. The van der Waals surface area contributed by atoms with Crippen molar-refractivity contribution in [1.82, 2.24) is 10.4 Å². The van der Waals surface area contributed by atoms with E-state index in [0.717, 1.165) is 9.69 Å². The molecule has 2 N–H and O–H groups in total. The van der Waals surface area contributed by atoms with Crippen LogP contribution in [0.1, 0.15) is 12.5 Å². The third-order valence-electron chi connectivity index (χ3n) is 5.81. The summed E-state index contributed by atoms with van der Waals surface area (Å²) in [5.74, 6) is 0.151. The van der Waals surface area contributed by atoms with Crippen LogP contribution >= 0.6 is 11.6 Å². The van der Waals surface area contributed by atoms with Crippen molar-refractivity contribution in [2.75, 3.05) is 30.4 Å². The number of pyridine rings is 1. The summed E-state index contributed by atoms with van der Waals surface area (Å²) in [5, 5.41) is 7.48. The molecule has 0 spiro atoms. The van der Waals surface area contributed by atoms with Gasteiger partial charge in [0.25, 0.3) is 15.9 Å². The fourth-order valence-electron chi connectivity index (χ4n) is 3.80. The number of ether oxygens (including phenoxy) is 2. The molecule has 0 bridgehead atoms. The number of methoxy groups -OCH3 is 2. The molecule has 1 aromatic heterocycles. The number of amides is 2. The zero-order chi connectivity index (χ0) is 29.6. The number of hydrogen-bond donors (Lipinski definition) is 2. The molecule has 0 aliphatic rings. The second-order valence-electron chi connectivity index (χ2n) is 8.64. The van der Waals surface area contributed by atoms with E-state index in [1.807, 2.05) is 6.07 Å². The minimum atomic E-state index is -4.20. The van der Waals surface area contributed by atoms with Gasteiger partial charge in [0, 0.05) is 29.6 Å². The number of halogens is 1. The molecule has 3 aromatic carbocycles. The van der Waals surface area contributed by atoms with Crippen molar-refractivity contribution >= 4 is 61.9 Å². The first-order chi connectivity index (χ1) is 19.6. The largest absolute Gasteiger partial charge is 0.497 e. The van der Waals surface area contributed by atoms with Gasteiger partial charge in [-0.25, -0.2) is 18.8 Å². The third-order valence-corrected chi connectivity index (χ3v) is 7.90. The maximum absolute atomic E-state index is 13.6. The Balaban J connectivity index is 1.56. The van der Waals surface area contributed by atoms with Crippen LogP contribution in [0.15, 0.2) is 82.8 Å². The van der Waals surface area contributed by atoms with E-state index in [4.69, 9.17) is 21.1 Å². The van der Waals surface area contributed by atoms with Gasteiger partial charge in [-0.15, -0.1) is 0 Å². The lowest BCUT2D eigenvalue weighted by Crippen LogP contribution is -2.39. The summed E-state index contributed by atoms with van der Waals surface area (Å²) >= 11 is 6.29. The summed E-state index contributed by atoms with van der Waals surface area (Å²) in [7, 11) is -1.16. The van der Waals surface area contributed by atoms with Gasteiger partial charge in [0.15, 0.2) is 0 Å². The van der Waals surface area contributed by atoms with Crippen LogP contribution in [0, 0.1) is 0 Å². The molecule has 2 amide bonds. The number of hydrogen-bond acceptors (Lipinski definition) is 8. The molecule has 1 heterocycles. The van der Waals surface area contributed by atoms with E-state index in [1.165, 1.54) is 56.6 Å². The van der Waals surface area contributed by atoms with Crippen molar-refractivity contribution in [2.45, 2.75) is 11.8 Å². The number of rotatable bonds is 10. The number of anilines is 2. The van der Waals surface area contributed by atoms with Crippen molar-refractivity contribution in [1.29, 1.82) is 0 Å². The maximum atomic E-state index is 13.6. The van der Waals surface area contributed by atoms with E-state index in [9.17, 15) is 18.0 Å². The Labute approximate surface area is 241 Å². The Morgan fingerprint density at radius 3 is 2.27 bits per heavy atom. The number of carbonyl (C=O) groups is 2. The lowest BCUT2D eigenvalue weighted by Gasteiger charge is -2.24. The highest BCUT2D eigenvalue weighted by atomic mass is 35.5. The van der Waals surface area contributed by atoms with Crippen LogP contribution < -0.4 is 24.5 Å². The first-order valence-corrected chi connectivity index (χ1v) is 13.9. The molecule has 4 aromatic rings. The fourth-order valence-corrected chi connectivity index (χ4v) is 5.42. The van der Waals surface area contributed by atoms with Crippen LogP contribution in [-0.4, -0.2) is 52.2 Å². The maximum Gasteiger partial charge on any atom is 0.264 e. The van der Waals surface area contributed by atoms with Crippen LogP contribution in [0.5, 0.6) is 11.5 Å². The summed E-state index contributed by atoms with van der Waals surface area (Å²) in [6.07, 6.45) is 1.32. The molecule has 0 saturated heterocycles. The number of aromatic nitrogens is 1. The summed E-state index contributed by atoms with van der Waals surface area (Å²) in [6.45, 7) is 0.766. The molecule has 0 atom stereocenters.